The number of pyridine rings is 1. The molecule has 3 aromatic rings. The first-order chi connectivity index (χ1) is 15.8. The molecule has 0 saturated carbocycles. The Morgan fingerprint density at radius 2 is 1.85 bits per heavy atom. The number of primary amides is 1. The first kappa shape index (κ1) is 22.4. The van der Waals surface area contributed by atoms with Gasteiger partial charge in [-0.05, 0) is 61.4 Å². The van der Waals surface area contributed by atoms with Crippen molar-refractivity contribution in [1.29, 1.82) is 0 Å². The van der Waals surface area contributed by atoms with Gasteiger partial charge in [-0.1, -0.05) is 24.3 Å². The Labute approximate surface area is 191 Å². The molecule has 2 heterocycles. The Morgan fingerprint density at radius 1 is 1.12 bits per heavy atom. The molecule has 1 aromatic heterocycles. The lowest BCUT2D eigenvalue weighted by molar-refractivity contribution is -0.139. The maximum Gasteiger partial charge on any atom is 0.312 e. The molecule has 0 spiro atoms. The first-order valence-electron chi connectivity index (χ1n) is 11.1. The molecule has 172 valence electrons. The van der Waals surface area contributed by atoms with Crippen LogP contribution in [-0.2, 0) is 4.79 Å². The van der Waals surface area contributed by atoms with Crippen LogP contribution in [0.25, 0.3) is 21.9 Å². The fourth-order valence-electron chi connectivity index (χ4n) is 4.37. The zero-order valence-corrected chi connectivity index (χ0v) is 18.8. The predicted octanol–water partition coefficient (Wildman–Crippen LogP) is 2.93. The summed E-state index contributed by atoms with van der Waals surface area (Å²) in [5.41, 5.74) is 8.06. The largest absolute Gasteiger partial charge is 0.481 e. The van der Waals surface area contributed by atoms with Crippen LogP contribution in [0, 0.1) is 6.92 Å². The first-order valence-corrected chi connectivity index (χ1v) is 11.1. The number of amides is 3. The Balaban J connectivity index is 1.51. The van der Waals surface area contributed by atoms with Gasteiger partial charge >= 0.3 is 6.03 Å². The molecule has 2 aromatic carbocycles. The van der Waals surface area contributed by atoms with Crippen LogP contribution in [0.5, 0.6) is 5.75 Å². The summed E-state index contributed by atoms with van der Waals surface area (Å²) < 4.78 is 5.92. The Morgan fingerprint density at radius 3 is 2.55 bits per heavy atom. The fraction of sp³-hybridized carbons (Fsp3) is 0.320. The van der Waals surface area contributed by atoms with Gasteiger partial charge in [0.25, 0.3) is 11.5 Å². The van der Waals surface area contributed by atoms with E-state index in [2.05, 4.69) is 10.3 Å². The number of piperidine rings is 1. The third kappa shape index (κ3) is 4.84. The van der Waals surface area contributed by atoms with Crippen molar-refractivity contribution in [2.75, 3.05) is 13.1 Å². The lowest BCUT2D eigenvalue weighted by atomic mass is 9.97. The molecule has 1 saturated heterocycles. The molecule has 0 radical (unpaired) electrons. The number of nitrogens with one attached hydrogen (secondary N) is 2. The number of aromatic nitrogens is 1. The average molecular weight is 449 g/mol. The summed E-state index contributed by atoms with van der Waals surface area (Å²) in [4.78, 5) is 41.0. The molecule has 0 bridgehead atoms. The van der Waals surface area contributed by atoms with E-state index in [4.69, 9.17) is 10.5 Å². The quantitative estimate of drug-likeness (QED) is 0.556. The van der Waals surface area contributed by atoms with E-state index in [1.165, 1.54) is 0 Å². The van der Waals surface area contributed by atoms with E-state index >= 15 is 0 Å². The minimum absolute atomic E-state index is 0.0163. The van der Waals surface area contributed by atoms with Crippen molar-refractivity contribution in [3.63, 3.8) is 0 Å². The lowest BCUT2D eigenvalue weighted by Crippen LogP contribution is -2.50. The second kappa shape index (κ2) is 9.36. The van der Waals surface area contributed by atoms with Gasteiger partial charge in [-0.15, -0.1) is 0 Å². The van der Waals surface area contributed by atoms with Crippen molar-refractivity contribution < 1.29 is 14.3 Å². The highest BCUT2D eigenvalue weighted by Gasteiger charge is 2.27. The van der Waals surface area contributed by atoms with Crippen LogP contribution in [0.4, 0.5) is 4.79 Å². The highest BCUT2D eigenvalue weighted by atomic mass is 16.5. The number of hydrogen-bond donors (Lipinski definition) is 3. The molecule has 1 aliphatic heterocycles. The summed E-state index contributed by atoms with van der Waals surface area (Å²) in [6.45, 7) is 4.78. The maximum absolute atomic E-state index is 12.9. The molecule has 3 amide bonds. The lowest BCUT2D eigenvalue weighted by Gasteiger charge is -2.33. The zero-order chi connectivity index (χ0) is 23.5. The number of aryl methyl sites for hydroxylation is 1. The van der Waals surface area contributed by atoms with Crippen molar-refractivity contribution in [2.24, 2.45) is 5.73 Å². The Bertz CT molecular complexity index is 1240. The number of nitrogens with zero attached hydrogens (tertiary/aromatic N) is 1. The van der Waals surface area contributed by atoms with Crippen molar-refractivity contribution in [1.82, 2.24) is 15.2 Å². The van der Waals surface area contributed by atoms with Crippen LogP contribution in [0.3, 0.4) is 0 Å². The summed E-state index contributed by atoms with van der Waals surface area (Å²) in [5, 5.41) is 4.02. The van der Waals surface area contributed by atoms with Crippen LogP contribution in [0.1, 0.15) is 25.3 Å². The van der Waals surface area contributed by atoms with Gasteiger partial charge in [-0.2, -0.15) is 0 Å². The number of benzene rings is 2. The molecule has 33 heavy (non-hydrogen) atoms. The van der Waals surface area contributed by atoms with E-state index in [1.54, 1.807) is 30.2 Å². The van der Waals surface area contributed by atoms with Crippen LogP contribution in [0.2, 0.25) is 0 Å². The third-order valence-corrected chi connectivity index (χ3v) is 6.12. The number of carbonyl (C=O) groups is 2. The van der Waals surface area contributed by atoms with E-state index in [1.807, 2.05) is 37.3 Å². The van der Waals surface area contributed by atoms with E-state index in [0.29, 0.717) is 37.1 Å². The minimum atomic E-state index is -0.707. The van der Waals surface area contributed by atoms with Gasteiger partial charge in [0.1, 0.15) is 5.75 Å². The number of nitrogens with two attached hydrogens (primary N) is 1. The normalized spacial score (nSPS) is 15.3. The molecule has 0 aliphatic carbocycles. The van der Waals surface area contributed by atoms with Gasteiger partial charge in [-0.3, -0.25) is 9.59 Å². The average Bonchev–Trinajstić information content (AvgIpc) is 2.80. The Kier molecular flexibility index (Phi) is 6.35. The summed E-state index contributed by atoms with van der Waals surface area (Å²) >= 11 is 0. The van der Waals surface area contributed by atoms with Crippen molar-refractivity contribution in [2.45, 2.75) is 38.8 Å². The van der Waals surface area contributed by atoms with E-state index < -0.39 is 12.1 Å². The summed E-state index contributed by atoms with van der Waals surface area (Å²) in [6.07, 6.45) is 2.32. The predicted molar refractivity (Wildman–Crippen MR) is 127 cm³/mol. The highest BCUT2D eigenvalue weighted by molar-refractivity contribution is 5.97. The second-order valence-corrected chi connectivity index (χ2v) is 8.42. The van der Waals surface area contributed by atoms with Crippen molar-refractivity contribution >= 4 is 22.7 Å². The number of carbonyl (C=O) groups excluding carboxylic acids is 2. The fourth-order valence-corrected chi connectivity index (χ4v) is 4.37. The maximum atomic E-state index is 12.9. The standard InChI is InChI=1S/C25H28N4O4/c1-15-5-3-4-6-19(15)22-14-27-23(30)21-13-18(7-8-20(21)22)33-16(2)24(31)29-11-9-17(10-12-29)28-25(26)32/h3-8,13-14,16-17H,9-12H2,1-2H3,(H,27,30)(H3,26,28,32)/t16-/m1/s1. The van der Waals surface area contributed by atoms with Gasteiger partial charge < -0.3 is 25.7 Å². The van der Waals surface area contributed by atoms with E-state index in [0.717, 1.165) is 22.1 Å². The van der Waals surface area contributed by atoms with Gasteiger partial charge in [-0.25, -0.2) is 4.79 Å². The zero-order valence-electron chi connectivity index (χ0n) is 18.8. The molecule has 1 atom stereocenters. The number of fused-ring (bicyclic) bond motifs is 1. The van der Waals surface area contributed by atoms with Crippen LogP contribution in [0.15, 0.2) is 53.5 Å². The van der Waals surface area contributed by atoms with Gasteiger partial charge in [0.2, 0.25) is 0 Å². The number of H-pyrrole nitrogens is 1. The number of likely N-dealkylation sites (tertiary alicyclic amines) is 1. The summed E-state index contributed by atoms with van der Waals surface area (Å²) in [6, 6.07) is 12.8. The minimum Gasteiger partial charge on any atom is -0.481 e. The van der Waals surface area contributed by atoms with Gasteiger partial charge in [0.05, 0.1) is 5.39 Å². The van der Waals surface area contributed by atoms with Crippen molar-refractivity contribution in [3.05, 3.63) is 64.6 Å². The van der Waals surface area contributed by atoms with Crippen LogP contribution in [-0.4, -0.2) is 47.1 Å². The molecular weight excluding hydrogens is 420 g/mol. The molecule has 1 fully saturated rings. The van der Waals surface area contributed by atoms with Gasteiger partial charge in [0, 0.05) is 30.9 Å². The summed E-state index contributed by atoms with van der Waals surface area (Å²) in [5.74, 6) is 0.330. The number of rotatable bonds is 5. The SMILES string of the molecule is Cc1ccccc1-c1c[nH]c(=O)c2cc(O[C@H](C)C(=O)N3CCC(NC(N)=O)CC3)ccc12. The molecular formula is C25H28N4O4. The highest BCUT2D eigenvalue weighted by Crippen LogP contribution is 2.30. The molecule has 1 aliphatic rings. The molecule has 4 N–H and O–H groups in total. The molecule has 4 rings (SSSR count). The number of ether oxygens (including phenoxy) is 1. The van der Waals surface area contributed by atoms with E-state index in [9.17, 15) is 14.4 Å². The van der Waals surface area contributed by atoms with E-state index in [-0.39, 0.29) is 17.5 Å². The van der Waals surface area contributed by atoms with Crippen LogP contribution >= 0.6 is 0 Å². The number of urea groups is 1. The molecule has 8 heteroatoms. The number of aromatic amines is 1. The second-order valence-electron chi connectivity index (χ2n) is 8.42. The topological polar surface area (TPSA) is 118 Å². The molecule has 8 nitrogen and oxygen atoms in total. The van der Waals surface area contributed by atoms with Crippen molar-refractivity contribution in [3.8, 4) is 16.9 Å². The molecule has 0 unspecified atom stereocenters. The number of hydrogen-bond acceptors (Lipinski definition) is 4. The monoisotopic (exact) mass is 448 g/mol. The van der Waals surface area contributed by atoms with Gasteiger partial charge in [0.15, 0.2) is 6.10 Å². The Hall–Kier alpha value is -3.81. The summed E-state index contributed by atoms with van der Waals surface area (Å²) in [7, 11) is 0. The van der Waals surface area contributed by atoms with Crippen LogP contribution < -0.4 is 21.3 Å². The third-order valence-electron chi connectivity index (χ3n) is 6.12. The smallest absolute Gasteiger partial charge is 0.312 e.